The van der Waals surface area contributed by atoms with Gasteiger partial charge in [-0.15, -0.1) is 6.42 Å². The molecule has 0 N–H and O–H groups in total. The van der Waals surface area contributed by atoms with Gasteiger partial charge in [0.2, 0.25) is 0 Å². The van der Waals surface area contributed by atoms with Crippen molar-refractivity contribution in [2.75, 3.05) is 6.54 Å². The van der Waals surface area contributed by atoms with Gasteiger partial charge in [-0.05, 0) is 12.6 Å². The normalized spacial score (nSPS) is 10.7. The predicted molar refractivity (Wildman–Crippen MR) is 75.2 cm³/mol. The Hall–Kier alpha value is 0.267. The van der Waals surface area contributed by atoms with Gasteiger partial charge >= 0.3 is 18.9 Å². The number of hydrogen-bond donors (Lipinski definition) is 0. The molecule has 0 amide bonds. The molecule has 0 unspecified atom stereocenters. The van der Waals surface area contributed by atoms with Gasteiger partial charge < -0.3 is 11.9 Å². The van der Waals surface area contributed by atoms with E-state index in [4.69, 9.17) is 0 Å². The summed E-state index contributed by atoms with van der Waals surface area (Å²) >= 11 is 0. The first kappa shape index (κ1) is 19.6. The first-order valence-electron chi connectivity index (χ1n) is 7.19. The summed E-state index contributed by atoms with van der Waals surface area (Å²) in [4.78, 5) is 4.27. The molecule has 0 radical (unpaired) electrons. The largest absolute Gasteiger partial charge is 1.00 e. The Balaban J connectivity index is 0. The van der Waals surface area contributed by atoms with Crippen molar-refractivity contribution in [1.82, 2.24) is 0 Å². The van der Waals surface area contributed by atoms with Crippen molar-refractivity contribution in [3.63, 3.8) is 0 Å². The third kappa shape index (κ3) is 18.8. The minimum Gasteiger partial charge on any atom is -0.338 e. The van der Waals surface area contributed by atoms with Crippen molar-refractivity contribution < 1.29 is 18.9 Å². The predicted octanol–water partition coefficient (Wildman–Crippen LogP) is 2.21. The molecule has 0 bridgehead atoms. The summed E-state index contributed by atoms with van der Waals surface area (Å²) in [5.41, 5.74) is 0. The molecule has 0 spiro atoms. The zero-order valence-corrected chi connectivity index (χ0v) is 12.2. The van der Waals surface area contributed by atoms with Gasteiger partial charge in [0.15, 0.2) is 0 Å². The molecule has 1 nitrogen and oxygen atoms in total. The van der Waals surface area contributed by atoms with E-state index in [-0.39, 0.29) is 18.9 Å². The zero-order valence-electron chi connectivity index (χ0n) is 12.2. The van der Waals surface area contributed by atoms with Gasteiger partial charge in [0, 0.05) is 6.54 Å². The minimum absolute atomic E-state index is 0. The maximum Gasteiger partial charge on any atom is 1.00 e. The summed E-state index contributed by atoms with van der Waals surface area (Å²) in [6.07, 6.45) is 16.7. The summed E-state index contributed by atoms with van der Waals surface area (Å²) in [6.45, 7) is 7.01. The maximum atomic E-state index is 4.27. The molecule has 96 valence electrons. The molecule has 0 saturated heterocycles. The van der Waals surface area contributed by atoms with E-state index in [2.05, 4.69) is 18.8 Å². The Morgan fingerprint density at radius 1 is 0.824 bits per heavy atom. The average molecular weight is 231 g/mol. The van der Waals surface area contributed by atoms with Gasteiger partial charge in [-0.25, -0.2) is 0 Å². The van der Waals surface area contributed by atoms with Crippen LogP contribution in [0.15, 0.2) is 4.99 Å². The maximum absolute atomic E-state index is 4.27. The van der Waals surface area contributed by atoms with Crippen molar-refractivity contribution in [2.45, 2.75) is 77.6 Å². The van der Waals surface area contributed by atoms with Crippen LogP contribution in [0.5, 0.6) is 0 Å². The molecule has 2 heteroatoms. The van der Waals surface area contributed by atoms with Crippen molar-refractivity contribution in [2.24, 2.45) is 4.99 Å². The van der Waals surface area contributed by atoms with E-state index in [1.807, 2.05) is 6.21 Å². The van der Waals surface area contributed by atoms with Crippen molar-refractivity contribution in [3.8, 4) is 0 Å². The second-order valence-electron chi connectivity index (χ2n) is 4.56. The molecule has 0 aliphatic heterocycles. The molecule has 0 aromatic carbocycles. The molecule has 0 aliphatic carbocycles. The van der Waals surface area contributed by atoms with Crippen molar-refractivity contribution in [1.29, 1.82) is 0 Å². The molecule has 0 aromatic rings. The van der Waals surface area contributed by atoms with Crippen LogP contribution in [0.1, 0.15) is 77.6 Å². The summed E-state index contributed by atoms with van der Waals surface area (Å²) in [6, 6.07) is 0. The number of hydrogen-bond acceptors (Lipinski definition) is 1. The monoisotopic (exact) mass is 231 g/mol. The topological polar surface area (TPSA) is 12.4 Å². The Bertz CT molecular complexity index is 146. The number of rotatable bonds is 12. The smallest absolute Gasteiger partial charge is 0.338 e. The quantitative estimate of drug-likeness (QED) is 0.211. The van der Waals surface area contributed by atoms with Crippen LogP contribution in [0.2, 0.25) is 0 Å². The summed E-state index contributed by atoms with van der Waals surface area (Å²) in [5, 5.41) is 0. The molecule has 0 heterocycles. The van der Waals surface area contributed by atoms with E-state index >= 15 is 0 Å². The van der Waals surface area contributed by atoms with Crippen LogP contribution in [0.3, 0.4) is 0 Å². The Morgan fingerprint density at radius 3 is 1.76 bits per heavy atom. The van der Waals surface area contributed by atoms with Gasteiger partial charge in [-0.2, -0.15) is 0 Å². The van der Waals surface area contributed by atoms with Crippen LogP contribution >= 0.6 is 0 Å². The fourth-order valence-electron chi connectivity index (χ4n) is 1.87. The van der Waals surface area contributed by atoms with Crippen LogP contribution < -0.4 is 18.9 Å². The fraction of sp³-hybridized carbons (Fsp3) is 0.867. The van der Waals surface area contributed by atoms with Crippen LogP contribution in [0.25, 0.3) is 0 Å². The SMILES string of the molecule is [CH2-]CC=NCCCCCCCCCCCC.[Li+]. The first-order chi connectivity index (χ1) is 7.91. The number of aliphatic imine (C=N–C) groups is 1. The Kier molecular flexibility index (Phi) is 21.5. The van der Waals surface area contributed by atoms with E-state index < -0.39 is 0 Å². The van der Waals surface area contributed by atoms with Gasteiger partial charge in [-0.1, -0.05) is 64.7 Å². The summed E-state index contributed by atoms with van der Waals surface area (Å²) in [5.74, 6) is 0. The second kappa shape index (κ2) is 18.6. The molecular weight excluding hydrogens is 201 g/mol. The average Bonchev–Trinajstić information content (AvgIpc) is 2.31. The summed E-state index contributed by atoms with van der Waals surface area (Å²) in [7, 11) is 0. The Labute approximate surface area is 121 Å². The second-order valence-corrected chi connectivity index (χ2v) is 4.56. The van der Waals surface area contributed by atoms with E-state index in [1.54, 1.807) is 0 Å². The fourth-order valence-corrected chi connectivity index (χ4v) is 1.87. The first-order valence-corrected chi connectivity index (χ1v) is 7.19. The molecule has 0 fully saturated rings. The van der Waals surface area contributed by atoms with E-state index in [0.717, 1.165) is 13.0 Å². The van der Waals surface area contributed by atoms with Crippen LogP contribution in [-0.2, 0) is 0 Å². The molecular formula is C15H30LiN. The molecule has 0 aromatic heterocycles. The van der Waals surface area contributed by atoms with Gasteiger partial charge in [0.1, 0.15) is 0 Å². The van der Waals surface area contributed by atoms with Crippen LogP contribution in [0, 0.1) is 6.92 Å². The van der Waals surface area contributed by atoms with Gasteiger partial charge in [0.25, 0.3) is 0 Å². The van der Waals surface area contributed by atoms with E-state index in [9.17, 15) is 0 Å². The summed E-state index contributed by atoms with van der Waals surface area (Å²) < 4.78 is 0. The number of nitrogens with zero attached hydrogens (tertiary/aromatic N) is 1. The van der Waals surface area contributed by atoms with Gasteiger partial charge in [0.05, 0.1) is 0 Å². The van der Waals surface area contributed by atoms with Crippen LogP contribution in [-0.4, -0.2) is 12.8 Å². The molecule has 0 aliphatic rings. The van der Waals surface area contributed by atoms with E-state index in [0.29, 0.717) is 0 Å². The third-order valence-electron chi connectivity index (χ3n) is 2.90. The van der Waals surface area contributed by atoms with Crippen molar-refractivity contribution >= 4 is 6.21 Å². The van der Waals surface area contributed by atoms with Crippen molar-refractivity contribution in [3.05, 3.63) is 6.92 Å². The third-order valence-corrected chi connectivity index (χ3v) is 2.90. The number of unbranched alkanes of at least 4 members (excludes halogenated alkanes) is 9. The molecule has 0 atom stereocenters. The minimum atomic E-state index is 0. The van der Waals surface area contributed by atoms with E-state index in [1.165, 1.54) is 64.2 Å². The molecule has 17 heavy (non-hydrogen) atoms. The molecule has 0 rings (SSSR count). The Morgan fingerprint density at radius 2 is 1.29 bits per heavy atom. The standard InChI is InChI=1S/C15H30N.Li/c1-3-5-6-7-8-9-10-11-12-13-15-16-14-4-2;/h14H,2-13,15H2,1H3;/q-1;+1. The molecule has 0 saturated carbocycles. The zero-order chi connectivity index (χ0) is 11.9. The van der Waals surface area contributed by atoms with Gasteiger partial charge in [-0.3, -0.25) is 0 Å². The van der Waals surface area contributed by atoms with Crippen LogP contribution in [0.4, 0.5) is 0 Å².